The van der Waals surface area contributed by atoms with Gasteiger partial charge in [-0.2, -0.15) is 5.26 Å². The summed E-state index contributed by atoms with van der Waals surface area (Å²) in [7, 11) is -3.57. The van der Waals surface area contributed by atoms with E-state index in [4.69, 9.17) is 9.47 Å². The van der Waals surface area contributed by atoms with E-state index >= 15 is 0 Å². The number of aromatic nitrogens is 2. The van der Waals surface area contributed by atoms with Gasteiger partial charge in [-0.25, -0.2) is 13.2 Å². The minimum absolute atomic E-state index is 0.0646. The number of hydrogen-bond donors (Lipinski definition) is 1. The summed E-state index contributed by atoms with van der Waals surface area (Å²) in [5.41, 5.74) is 1.65. The molecule has 0 spiro atoms. The predicted octanol–water partition coefficient (Wildman–Crippen LogP) is 4.23. The molecule has 0 saturated heterocycles. The minimum atomic E-state index is -3.57. The van der Waals surface area contributed by atoms with Crippen molar-refractivity contribution in [2.45, 2.75) is 31.0 Å². The predicted molar refractivity (Wildman–Crippen MR) is 138 cm³/mol. The Morgan fingerprint density at radius 1 is 1.14 bits per heavy atom. The first-order valence-electron chi connectivity index (χ1n) is 11.1. The quantitative estimate of drug-likeness (QED) is 0.138. The Balaban J connectivity index is 1.80. The molecule has 0 saturated carbocycles. The lowest BCUT2D eigenvalue weighted by atomic mass is 10.0. The number of amides is 1. The first-order chi connectivity index (χ1) is 17.5. The Kier molecular flexibility index (Phi) is 8.75. The van der Waals surface area contributed by atoms with E-state index < -0.39 is 21.7 Å². The standard InChI is InChI=1S/C25H24N4O6S2/c1-5-34-21-13-16(6-11-20(21)35-23(31)18-9-7-17(8-10-18)15(2)3)12-19(14-26)22(30)27-24-28-29-25(36-24)37(4,32)33/h6-13,15H,5H2,1-4H3,(H,27,28,30)/b19-12-. The highest BCUT2D eigenvalue weighted by Gasteiger charge is 2.18. The average molecular weight is 541 g/mol. The molecule has 0 aliphatic carbocycles. The zero-order valence-corrected chi connectivity index (χ0v) is 22.1. The molecule has 1 heterocycles. The van der Waals surface area contributed by atoms with Crippen molar-refractivity contribution in [3.63, 3.8) is 0 Å². The normalized spacial score (nSPS) is 11.6. The molecule has 0 radical (unpaired) electrons. The van der Waals surface area contributed by atoms with Gasteiger partial charge < -0.3 is 9.47 Å². The van der Waals surface area contributed by atoms with Crippen molar-refractivity contribution in [1.29, 1.82) is 5.26 Å². The molecular weight excluding hydrogens is 516 g/mol. The summed E-state index contributed by atoms with van der Waals surface area (Å²) in [5.74, 6) is -0.581. The van der Waals surface area contributed by atoms with Gasteiger partial charge in [0.05, 0.1) is 12.2 Å². The van der Waals surface area contributed by atoms with Gasteiger partial charge in [0, 0.05) is 6.26 Å². The zero-order chi connectivity index (χ0) is 27.2. The van der Waals surface area contributed by atoms with Gasteiger partial charge in [-0.1, -0.05) is 43.4 Å². The van der Waals surface area contributed by atoms with E-state index in [1.807, 2.05) is 12.1 Å². The molecule has 0 unspecified atom stereocenters. The first kappa shape index (κ1) is 27.5. The van der Waals surface area contributed by atoms with Gasteiger partial charge in [-0.15, -0.1) is 10.2 Å². The van der Waals surface area contributed by atoms with Crippen LogP contribution in [-0.4, -0.2) is 43.4 Å². The highest BCUT2D eigenvalue weighted by atomic mass is 32.2. The molecular formula is C25H24N4O6S2. The molecule has 2 aromatic carbocycles. The van der Waals surface area contributed by atoms with Crippen LogP contribution in [0.3, 0.4) is 0 Å². The molecule has 1 aromatic heterocycles. The lowest BCUT2D eigenvalue weighted by Gasteiger charge is -2.12. The molecule has 37 heavy (non-hydrogen) atoms. The van der Waals surface area contributed by atoms with Crippen LogP contribution in [0.4, 0.5) is 5.13 Å². The molecule has 3 rings (SSSR count). The van der Waals surface area contributed by atoms with E-state index in [0.29, 0.717) is 28.4 Å². The van der Waals surface area contributed by atoms with Gasteiger partial charge in [0.25, 0.3) is 5.91 Å². The van der Waals surface area contributed by atoms with Crippen LogP contribution in [0, 0.1) is 11.3 Å². The number of esters is 1. The van der Waals surface area contributed by atoms with Crippen molar-refractivity contribution in [1.82, 2.24) is 10.2 Å². The number of ether oxygens (including phenoxy) is 2. The third kappa shape index (κ3) is 7.22. The van der Waals surface area contributed by atoms with Crippen molar-refractivity contribution >= 4 is 44.3 Å². The number of carbonyl (C=O) groups is 2. The first-order valence-corrected chi connectivity index (χ1v) is 13.8. The number of hydrogen-bond acceptors (Lipinski definition) is 10. The van der Waals surface area contributed by atoms with Crippen LogP contribution in [0.2, 0.25) is 0 Å². The number of sulfone groups is 1. The van der Waals surface area contributed by atoms with Gasteiger partial charge in [0.2, 0.25) is 19.3 Å². The Bertz CT molecular complexity index is 1490. The van der Waals surface area contributed by atoms with Crippen LogP contribution in [0.25, 0.3) is 6.08 Å². The second kappa shape index (κ2) is 11.8. The summed E-state index contributed by atoms with van der Waals surface area (Å²) in [5, 5.41) is 18.9. The van der Waals surface area contributed by atoms with Crippen LogP contribution in [-0.2, 0) is 14.6 Å². The molecule has 0 aliphatic heterocycles. The fraction of sp³-hybridized carbons (Fsp3) is 0.240. The Morgan fingerprint density at radius 3 is 2.41 bits per heavy atom. The summed E-state index contributed by atoms with van der Waals surface area (Å²) >= 11 is 0.672. The summed E-state index contributed by atoms with van der Waals surface area (Å²) in [6.45, 7) is 6.17. The van der Waals surface area contributed by atoms with Crippen LogP contribution < -0.4 is 14.8 Å². The molecule has 10 nitrogen and oxygen atoms in total. The van der Waals surface area contributed by atoms with E-state index in [1.165, 1.54) is 18.2 Å². The monoisotopic (exact) mass is 540 g/mol. The van der Waals surface area contributed by atoms with E-state index in [0.717, 1.165) is 11.8 Å². The van der Waals surface area contributed by atoms with Crippen molar-refractivity contribution in [3.05, 3.63) is 64.7 Å². The van der Waals surface area contributed by atoms with Crippen molar-refractivity contribution in [3.8, 4) is 17.6 Å². The molecule has 0 aliphatic rings. The van der Waals surface area contributed by atoms with Crippen LogP contribution in [0.5, 0.6) is 11.5 Å². The third-order valence-corrected chi connectivity index (χ3v) is 7.41. The SMILES string of the molecule is CCOc1cc(/C=C(/C#N)C(=O)Nc2nnc(S(C)(=O)=O)s2)ccc1OC(=O)c1ccc(C(C)C)cc1. The highest BCUT2D eigenvalue weighted by Crippen LogP contribution is 2.30. The maximum absolute atomic E-state index is 12.7. The summed E-state index contributed by atoms with van der Waals surface area (Å²) in [4.78, 5) is 25.2. The van der Waals surface area contributed by atoms with Crippen molar-refractivity contribution in [2.24, 2.45) is 0 Å². The number of nitrogens with one attached hydrogen (secondary N) is 1. The van der Waals surface area contributed by atoms with Crippen LogP contribution in [0.15, 0.2) is 52.4 Å². The van der Waals surface area contributed by atoms with Gasteiger partial charge in [0.1, 0.15) is 11.6 Å². The maximum Gasteiger partial charge on any atom is 0.343 e. The van der Waals surface area contributed by atoms with E-state index in [2.05, 4.69) is 29.4 Å². The Labute approximate surface area is 218 Å². The number of carbonyl (C=O) groups excluding carboxylic acids is 2. The largest absolute Gasteiger partial charge is 0.490 e. The zero-order valence-electron chi connectivity index (χ0n) is 20.5. The maximum atomic E-state index is 12.7. The Morgan fingerprint density at radius 2 is 1.84 bits per heavy atom. The summed E-state index contributed by atoms with van der Waals surface area (Å²) < 4.78 is 34.0. The number of rotatable bonds is 9. The second-order valence-electron chi connectivity index (χ2n) is 8.07. The minimum Gasteiger partial charge on any atom is -0.490 e. The fourth-order valence-corrected chi connectivity index (χ4v) is 4.52. The molecule has 192 valence electrons. The second-order valence-corrected chi connectivity index (χ2v) is 11.2. The van der Waals surface area contributed by atoms with Gasteiger partial charge >= 0.3 is 5.97 Å². The van der Waals surface area contributed by atoms with Gasteiger partial charge in [-0.3, -0.25) is 10.1 Å². The van der Waals surface area contributed by atoms with Crippen LogP contribution in [0.1, 0.15) is 48.2 Å². The summed E-state index contributed by atoms with van der Waals surface area (Å²) in [6, 6.07) is 13.5. The van der Waals surface area contributed by atoms with Gasteiger partial charge in [-0.05, 0) is 54.3 Å². The lowest BCUT2D eigenvalue weighted by molar-refractivity contribution is -0.112. The molecule has 0 bridgehead atoms. The van der Waals surface area contributed by atoms with E-state index in [-0.39, 0.29) is 33.2 Å². The molecule has 3 aromatic rings. The molecule has 1 N–H and O–H groups in total. The fourth-order valence-electron chi connectivity index (χ4n) is 3.02. The molecule has 0 atom stereocenters. The molecule has 12 heteroatoms. The van der Waals surface area contributed by atoms with E-state index in [9.17, 15) is 23.3 Å². The van der Waals surface area contributed by atoms with Gasteiger partial charge in [0.15, 0.2) is 11.5 Å². The molecule has 1 amide bonds. The number of nitrogens with zero attached hydrogens (tertiary/aromatic N) is 3. The average Bonchev–Trinajstić information content (AvgIpc) is 3.33. The van der Waals surface area contributed by atoms with Crippen LogP contribution >= 0.6 is 11.3 Å². The topological polar surface area (TPSA) is 148 Å². The van der Waals surface area contributed by atoms with E-state index in [1.54, 1.807) is 31.2 Å². The Hall–Kier alpha value is -4.08. The van der Waals surface area contributed by atoms with Crippen molar-refractivity contribution < 1.29 is 27.5 Å². The number of anilines is 1. The molecule has 0 fully saturated rings. The number of benzene rings is 2. The van der Waals surface area contributed by atoms with Crippen molar-refractivity contribution in [2.75, 3.05) is 18.2 Å². The third-order valence-electron chi connectivity index (χ3n) is 4.90. The smallest absolute Gasteiger partial charge is 0.343 e. The lowest BCUT2D eigenvalue weighted by Crippen LogP contribution is -2.13. The number of nitriles is 1. The highest BCUT2D eigenvalue weighted by molar-refractivity contribution is 7.92. The summed E-state index contributed by atoms with van der Waals surface area (Å²) in [6.07, 6.45) is 2.28.